The number of allylic oxidation sites excluding steroid dienone is 2. The van der Waals surface area contributed by atoms with Crippen LogP contribution in [0.1, 0.15) is 38.8 Å². The van der Waals surface area contributed by atoms with E-state index in [1.165, 1.54) is 69.8 Å². The number of pyridine rings is 1. The molecule has 4 heteroatoms. The number of fused-ring (bicyclic) bond motifs is 6. The van der Waals surface area contributed by atoms with Crippen LogP contribution in [0.2, 0.25) is 0 Å². The molecule has 7 rings (SSSR count). The standard InChI is InChI=1S/C30H20N.C5H8O2.Ir/c1-30(2)25-15-6-5-11-20(25)22-13-7-14-23(29(22)30)27-17-24-19-10-4-3-9-18(19)21-12-8-16-26(31-27)28(21)24;1-4(6)3-5(2)7;/h3-13,15-17H,1-2H3;3,6H,1-2H3;/q-1;;. The summed E-state index contributed by atoms with van der Waals surface area (Å²) in [6, 6.07) is 34.1. The number of aliphatic hydroxyl groups is 1. The van der Waals surface area contributed by atoms with E-state index in [9.17, 15) is 4.79 Å². The SMILES string of the molecule is CC(=O)C=C(C)O.CC1(C)c2ccccc2-c2cc[c-]c(-c3cc4c5c(cccc5n3)-c3ccccc3-4)c21.[Ir]. The summed E-state index contributed by atoms with van der Waals surface area (Å²) < 4.78 is 0. The molecular formula is C35H28IrNO2-. The van der Waals surface area contributed by atoms with E-state index in [2.05, 4.69) is 105 Å². The van der Waals surface area contributed by atoms with Crippen LogP contribution in [0.3, 0.4) is 0 Å². The zero-order valence-corrected chi connectivity index (χ0v) is 24.7. The Morgan fingerprint density at radius 2 is 1.46 bits per heavy atom. The first-order valence-electron chi connectivity index (χ1n) is 12.8. The number of benzene rings is 4. The molecule has 1 aromatic heterocycles. The molecule has 2 aliphatic carbocycles. The molecule has 39 heavy (non-hydrogen) atoms. The van der Waals surface area contributed by atoms with E-state index in [4.69, 9.17) is 10.1 Å². The summed E-state index contributed by atoms with van der Waals surface area (Å²) in [7, 11) is 0. The van der Waals surface area contributed by atoms with Gasteiger partial charge in [0.2, 0.25) is 0 Å². The van der Waals surface area contributed by atoms with Gasteiger partial charge in [0, 0.05) is 31.6 Å². The molecule has 0 amide bonds. The average molecular weight is 687 g/mol. The third kappa shape index (κ3) is 4.34. The molecule has 0 fully saturated rings. The number of hydrogen-bond acceptors (Lipinski definition) is 3. The fraction of sp³-hybridized carbons (Fsp3) is 0.143. The van der Waals surface area contributed by atoms with Crippen LogP contribution in [-0.2, 0) is 30.3 Å². The summed E-state index contributed by atoms with van der Waals surface area (Å²) in [4.78, 5) is 15.2. The van der Waals surface area contributed by atoms with Crippen molar-refractivity contribution in [1.82, 2.24) is 4.98 Å². The van der Waals surface area contributed by atoms with Crippen molar-refractivity contribution < 1.29 is 30.0 Å². The Kier molecular flexibility index (Phi) is 6.88. The van der Waals surface area contributed by atoms with Gasteiger partial charge in [-0.15, -0.1) is 29.3 Å². The van der Waals surface area contributed by atoms with Gasteiger partial charge in [-0.05, 0) is 64.4 Å². The topological polar surface area (TPSA) is 50.2 Å². The van der Waals surface area contributed by atoms with Crippen molar-refractivity contribution in [2.75, 3.05) is 0 Å². The van der Waals surface area contributed by atoms with E-state index < -0.39 is 0 Å². The van der Waals surface area contributed by atoms with Gasteiger partial charge in [0.25, 0.3) is 0 Å². The fourth-order valence-corrected chi connectivity index (χ4v) is 6.07. The number of aromatic nitrogens is 1. The van der Waals surface area contributed by atoms with Crippen molar-refractivity contribution in [2.45, 2.75) is 33.1 Å². The second-order valence-electron chi connectivity index (χ2n) is 10.5. The molecule has 0 spiro atoms. The van der Waals surface area contributed by atoms with Crippen LogP contribution in [-0.4, -0.2) is 15.9 Å². The molecule has 3 nitrogen and oxygen atoms in total. The first-order chi connectivity index (χ1) is 18.3. The van der Waals surface area contributed by atoms with Gasteiger partial charge in [-0.2, -0.15) is 0 Å². The quantitative estimate of drug-likeness (QED) is 0.113. The average Bonchev–Trinajstić information content (AvgIpc) is 3.35. The van der Waals surface area contributed by atoms with Crippen LogP contribution in [0.4, 0.5) is 0 Å². The van der Waals surface area contributed by atoms with Crippen molar-refractivity contribution in [3.8, 4) is 44.6 Å². The molecule has 0 saturated carbocycles. The minimum absolute atomic E-state index is 0. The van der Waals surface area contributed by atoms with Crippen molar-refractivity contribution in [1.29, 1.82) is 0 Å². The Labute approximate surface area is 242 Å². The number of ketones is 1. The van der Waals surface area contributed by atoms with Gasteiger partial charge >= 0.3 is 0 Å². The van der Waals surface area contributed by atoms with Crippen molar-refractivity contribution in [2.24, 2.45) is 0 Å². The molecule has 0 bridgehead atoms. The van der Waals surface area contributed by atoms with Crippen LogP contribution in [0.25, 0.3) is 55.5 Å². The molecule has 0 saturated heterocycles. The summed E-state index contributed by atoms with van der Waals surface area (Å²) in [5, 5.41) is 9.63. The predicted octanol–water partition coefficient (Wildman–Crippen LogP) is 8.69. The summed E-state index contributed by atoms with van der Waals surface area (Å²) in [6.45, 7) is 7.49. The molecular weight excluding hydrogens is 659 g/mol. The van der Waals surface area contributed by atoms with Crippen LogP contribution >= 0.6 is 0 Å². The molecule has 5 aromatic rings. The zero-order chi connectivity index (χ0) is 26.6. The van der Waals surface area contributed by atoms with E-state index in [0.717, 1.165) is 16.8 Å². The molecule has 2 aliphatic rings. The largest absolute Gasteiger partial charge is 0.512 e. The van der Waals surface area contributed by atoms with Gasteiger partial charge in [-0.25, -0.2) is 0 Å². The number of nitrogens with zero attached hydrogens (tertiary/aromatic N) is 1. The number of rotatable bonds is 2. The second-order valence-corrected chi connectivity index (χ2v) is 10.5. The van der Waals surface area contributed by atoms with Crippen molar-refractivity contribution >= 4 is 16.7 Å². The molecule has 0 unspecified atom stereocenters. The predicted molar refractivity (Wildman–Crippen MR) is 155 cm³/mol. The number of hydrogen-bond donors (Lipinski definition) is 1. The minimum atomic E-state index is -0.125. The van der Waals surface area contributed by atoms with E-state index in [-0.39, 0.29) is 37.1 Å². The Balaban J connectivity index is 0.000000345. The Bertz CT molecular complexity index is 1790. The smallest absolute Gasteiger partial charge is 0.155 e. The maximum Gasteiger partial charge on any atom is 0.155 e. The van der Waals surface area contributed by atoms with Gasteiger partial charge in [-0.3, -0.25) is 9.78 Å². The van der Waals surface area contributed by atoms with Crippen LogP contribution < -0.4 is 0 Å². The molecule has 1 heterocycles. The van der Waals surface area contributed by atoms with E-state index in [0.29, 0.717) is 0 Å². The Hall–Kier alpha value is -3.85. The third-order valence-electron chi connectivity index (χ3n) is 7.52. The summed E-state index contributed by atoms with van der Waals surface area (Å²) in [5.74, 6) is -0.0625. The summed E-state index contributed by atoms with van der Waals surface area (Å²) in [6.07, 6.45) is 1.17. The molecule has 0 atom stereocenters. The summed E-state index contributed by atoms with van der Waals surface area (Å²) >= 11 is 0. The number of carbonyl (C=O) groups is 1. The summed E-state index contributed by atoms with van der Waals surface area (Å²) in [5.41, 5.74) is 13.6. The van der Waals surface area contributed by atoms with E-state index >= 15 is 0 Å². The monoisotopic (exact) mass is 687 g/mol. The van der Waals surface area contributed by atoms with Crippen LogP contribution in [0, 0.1) is 6.07 Å². The molecule has 1 radical (unpaired) electrons. The second kappa shape index (κ2) is 10.0. The van der Waals surface area contributed by atoms with E-state index in [1.807, 2.05) is 0 Å². The first kappa shape index (κ1) is 26.7. The van der Waals surface area contributed by atoms with Crippen LogP contribution in [0.5, 0.6) is 0 Å². The van der Waals surface area contributed by atoms with Crippen LogP contribution in [0.15, 0.2) is 96.8 Å². The minimum Gasteiger partial charge on any atom is -0.512 e. The van der Waals surface area contributed by atoms with Gasteiger partial charge in [-0.1, -0.05) is 86.1 Å². The Morgan fingerprint density at radius 1 is 0.821 bits per heavy atom. The number of carbonyl (C=O) groups excluding carboxylic acids is 1. The Morgan fingerprint density at radius 3 is 2.13 bits per heavy atom. The molecule has 0 aliphatic heterocycles. The molecule has 1 N–H and O–H groups in total. The van der Waals surface area contributed by atoms with Crippen molar-refractivity contribution in [3.63, 3.8) is 0 Å². The maximum absolute atomic E-state index is 10.0. The van der Waals surface area contributed by atoms with E-state index in [1.54, 1.807) is 0 Å². The normalized spacial score (nSPS) is 13.5. The molecule has 4 aromatic carbocycles. The third-order valence-corrected chi connectivity index (χ3v) is 7.52. The molecule has 195 valence electrons. The van der Waals surface area contributed by atoms with Gasteiger partial charge in [0.1, 0.15) is 0 Å². The van der Waals surface area contributed by atoms with Gasteiger partial charge in [0.15, 0.2) is 5.78 Å². The zero-order valence-electron chi connectivity index (χ0n) is 22.3. The van der Waals surface area contributed by atoms with Crippen molar-refractivity contribution in [3.05, 3.63) is 114 Å². The number of aliphatic hydroxyl groups excluding tert-OH is 1. The fourth-order valence-electron chi connectivity index (χ4n) is 6.07. The maximum atomic E-state index is 10.0. The van der Waals surface area contributed by atoms with Gasteiger partial charge < -0.3 is 5.11 Å². The first-order valence-corrected chi connectivity index (χ1v) is 12.8. The van der Waals surface area contributed by atoms with Gasteiger partial charge in [0.05, 0.1) is 11.3 Å².